The third-order valence-corrected chi connectivity index (χ3v) is 6.96. The molecule has 1 saturated heterocycles. The van der Waals surface area contributed by atoms with Gasteiger partial charge in [0.2, 0.25) is 5.91 Å². The second kappa shape index (κ2) is 9.16. The Bertz CT molecular complexity index is 1320. The van der Waals surface area contributed by atoms with E-state index in [0.717, 1.165) is 43.5 Å². The molecule has 1 aliphatic heterocycles. The van der Waals surface area contributed by atoms with E-state index in [1.807, 2.05) is 6.07 Å². The lowest BCUT2D eigenvalue weighted by atomic mass is 9.95. The Kier molecular flexibility index (Phi) is 6.09. The molecule has 6 heteroatoms. The molecule has 0 saturated carbocycles. The van der Waals surface area contributed by atoms with E-state index in [9.17, 15) is 9.18 Å². The van der Waals surface area contributed by atoms with Gasteiger partial charge in [0.1, 0.15) is 5.82 Å². The van der Waals surface area contributed by atoms with Crippen LogP contribution in [-0.2, 0) is 17.9 Å². The maximum atomic E-state index is 14.1. The zero-order chi connectivity index (χ0) is 22.9. The van der Waals surface area contributed by atoms with Gasteiger partial charge < -0.3 is 9.88 Å². The number of fused-ring (bicyclic) bond motifs is 3. The molecule has 1 N–H and O–H groups in total. The fraction of sp³-hybridized carbons (Fsp3) is 0.296. The number of hydrogen-bond acceptors (Lipinski definition) is 2. The van der Waals surface area contributed by atoms with Crippen LogP contribution in [0.25, 0.3) is 21.8 Å². The second-order valence-corrected chi connectivity index (χ2v) is 9.21. The number of amides is 1. The van der Waals surface area contributed by atoms with Crippen LogP contribution < -0.4 is 5.32 Å². The average molecular weight is 464 g/mol. The van der Waals surface area contributed by atoms with Crippen molar-refractivity contribution >= 4 is 45.0 Å². The van der Waals surface area contributed by atoms with E-state index < -0.39 is 0 Å². The smallest absolute Gasteiger partial charge is 0.227 e. The predicted octanol–water partition coefficient (Wildman–Crippen LogP) is 6.46. The van der Waals surface area contributed by atoms with E-state index in [2.05, 4.69) is 58.1 Å². The highest BCUT2D eigenvalue weighted by Gasteiger charge is 2.25. The molecule has 4 nitrogen and oxygen atoms in total. The summed E-state index contributed by atoms with van der Waals surface area (Å²) in [5, 5.41) is 5.90. The van der Waals surface area contributed by atoms with E-state index in [4.69, 9.17) is 11.6 Å². The lowest BCUT2D eigenvalue weighted by molar-refractivity contribution is -0.121. The second-order valence-electron chi connectivity index (χ2n) is 8.77. The van der Waals surface area contributed by atoms with Gasteiger partial charge in [0.05, 0.1) is 0 Å². The summed E-state index contributed by atoms with van der Waals surface area (Å²) in [6, 6.07) is 19.4. The fourth-order valence-corrected chi connectivity index (χ4v) is 5.12. The molecular formula is C27H27ClFN3O. The van der Waals surface area contributed by atoms with Gasteiger partial charge >= 0.3 is 0 Å². The molecule has 1 fully saturated rings. The molecule has 1 aromatic heterocycles. The van der Waals surface area contributed by atoms with Crippen molar-refractivity contribution in [3.05, 3.63) is 77.1 Å². The average Bonchev–Trinajstić information content (AvgIpc) is 3.14. The number of likely N-dealkylation sites (tertiary alicyclic amines) is 1. The number of carbonyl (C=O) groups excluding carboxylic acids is 1. The van der Waals surface area contributed by atoms with Gasteiger partial charge in [-0.15, -0.1) is 0 Å². The molecule has 0 radical (unpaired) electrons. The van der Waals surface area contributed by atoms with E-state index in [-0.39, 0.29) is 17.6 Å². The first kappa shape index (κ1) is 21.9. The molecule has 4 aromatic rings. The number of nitrogens with one attached hydrogen (secondary N) is 1. The van der Waals surface area contributed by atoms with Crippen LogP contribution in [0.3, 0.4) is 0 Å². The number of halogens is 2. The van der Waals surface area contributed by atoms with Gasteiger partial charge in [-0.2, -0.15) is 0 Å². The first-order valence-corrected chi connectivity index (χ1v) is 11.9. The van der Waals surface area contributed by atoms with Crippen molar-refractivity contribution in [1.29, 1.82) is 0 Å². The van der Waals surface area contributed by atoms with Gasteiger partial charge in [-0.05, 0) is 69.3 Å². The Hall–Kier alpha value is -2.89. The molecule has 3 aromatic carbocycles. The van der Waals surface area contributed by atoms with Gasteiger partial charge in [-0.1, -0.05) is 35.9 Å². The lowest BCUT2D eigenvalue weighted by Gasteiger charge is -2.31. The van der Waals surface area contributed by atoms with E-state index in [1.165, 1.54) is 22.5 Å². The SMILES string of the molecule is CCn1c2ccccc2c2cc(NC(=O)C3CCN(Cc4ccc(Cl)cc4F)CC3)ccc21. The summed E-state index contributed by atoms with van der Waals surface area (Å²) in [6.45, 7) is 5.12. The summed E-state index contributed by atoms with van der Waals surface area (Å²) in [7, 11) is 0. The maximum Gasteiger partial charge on any atom is 0.227 e. The Morgan fingerprint density at radius 2 is 1.79 bits per heavy atom. The van der Waals surface area contributed by atoms with Crippen LogP contribution in [0.4, 0.5) is 10.1 Å². The predicted molar refractivity (Wildman–Crippen MR) is 133 cm³/mol. The minimum atomic E-state index is -0.276. The third kappa shape index (κ3) is 4.35. The van der Waals surface area contributed by atoms with E-state index in [0.29, 0.717) is 17.1 Å². The summed E-state index contributed by atoms with van der Waals surface area (Å²) >= 11 is 5.85. The molecule has 0 aliphatic carbocycles. The Balaban J connectivity index is 1.25. The van der Waals surface area contributed by atoms with E-state index in [1.54, 1.807) is 12.1 Å². The van der Waals surface area contributed by atoms with Crippen LogP contribution in [0, 0.1) is 11.7 Å². The minimum Gasteiger partial charge on any atom is -0.341 e. The van der Waals surface area contributed by atoms with Crippen molar-refractivity contribution in [3.8, 4) is 0 Å². The highest BCUT2D eigenvalue weighted by atomic mass is 35.5. The lowest BCUT2D eigenvalue weighted by Crippen LogP contribution is -2.37. The number of benzene rings is 3. The fourth-order valence-electron chi connectivity index (χ4n) is 4.96. The van der Waals surface area contributed by atoms with Gasteiger partial charge in [0.15, 0.2) is 0 Å². The number of carbonyl (C=O) groups is 1. The number of para-hydroxylation sites is 1. The molecule has 0 bridgehead atoms. The Labute approximate surface area is 197 Å². The number of anilines is 1. The summed E-state index contributed by atoms with van der Waals surface area (Å²) < 4.78 is 16.4. The van der Waals surface area contributed by atoms with Crippen molar-refractivity contribution in [2.24, 2.45) is 5.92 Å². The van der Waals surface area contributed by atoms with Crippen LogP contribution >= 0.6 is 11.6 Å². The third-order valence-electron chi connectivity index (χ3n) is 6.72. The van der Waals surface area contributed by atoms with Crippen molar-refractivity contribution < 1.29 is 9.18 Å². The van der Waals surface area contributed by atoms with Gasteiger partial charge in [-0.3, -0.25) is 9.69 Å². The molecule has 2 heterocycles. The Morgan fingerprint density at radius 3 is 2.55 bits per heavy atom. The monoisotopic (exact) mass is 463 g/mol. The number of rotatable bonds is 5. The standard InChI is InChI=1S/C27H27ClFN3O/c1-2-32-25-6-4-3-5-22(25)23-16-21(9-10-26(23)32)30-27(33)18-11-13-31(14-12-18)17-19-7-8-20(28)15-24(19)29/h3-10,15-16,18H,2,11-14,17H2,1H3,(H,30,33). The zero-order valence-corrected chi connectivity index (χ0v) is 19.4. The number of hydrogen-bond donors (Lipinski definition) is 1. The minimum absolute atomic E-state index is 0.0380. The Morgan fingerprint density at radius 1 is 1.03 bits per heavy atom. The van der Waals surface area contributed by atoms with Gasteiger partial charge in [0, 0.05) is 57.1 Å². The van der Waals surface area contributed by atoms with Crippen molar-refractivity contribution in [2.45, 2.75) is 32.9 Å². The molecular weight excluding hydrogens is 437 g/mol. The zero-order valence-electron chi connectivity index (χ0n) is 18.7. The first-order chi connectivity index (χ1) is 16.0. The number of aromatic nitrogens is 1. The van der Waals surface area contributed by atoms with Crippen LogP contribution in [0.5, 0.6) is 0 Å². The van der Waals surface area contributed by atoms with Crippen LogP contribution in [0.1, 0.15) is 25.3 Å². The van der Waals surface area contributed by atoms with Crippen molar-refractivity contribution in [2.75, 3.05) is 18.4 Å². The van der Waals surface area contributed by atoms with E-state index >= 15 is 0 Å². The topological polar surface area (TPSA) is 37.3 Å². The van der Waals surface area contributed by atoms with Crippen LogP contribution in [0.15, 0.2) is 60.7 Å². The normalized spacial score (nSPS) is 15.4. The largest absolute Gasteiger partial charge is 0.341 e. The highest BCUT2D eigenvalue weighted by Crippen LogP contribution is 2.31. The van der Waals surface area contributed by atoms with Crippen molar-refractivity contribution in [1.82, 2.24) is 9.47 Å². The highest BCUT2D eigenvalue weighted by molar-refractivity contribution is 6.30. The molecule has 5 rings (SSSR count). The van der Waals surface area contributed by atoms with Crippen molar-refractivity contribution in [3.63, 3.8) is 0 Å². The van der Waals surface area contributed by atoms with Crippen LogP contribution in [0.2, 0.25) is 5.02 Å². The molecule has 33 heavy (non-hydrogen) atoms. The molecule has 0 unspecified atom stereocenters. The summed E-state index contributed by atoms with van der Waals surface area (Å²) in [4.78, 5) is 15.2. The number of piperidine rings is 1. The van der Waals surface area contributed by atoms with Gasteiger partial charge in [0.25, 0.3) is 0 Å². The quantitative estimate of drug-likeness (QED) is 0.369. The number of aryl methyl sites for hydroxylation is 1. The molecule has 0 atom stereocenters. The van der Waals surface area contributed by atoms with Gasteiger partial charge in [-0.25, -0.2) is 4.39 Å². The number of nitrogens with zero attached hydrogens (tertiary/aromatic N) is 2. The molecule has 1 amide bonds. The molecule has 0 spiro atoms. The van der Waals surface area contributed by atoms with Crippen LogP contribution in [-0.4, -0.2) is 28.5 Å². The molecule has 1 aliphatic rings. The first-order valence-electron chi connectivity index (χ1n) is 11.5. The molecule has 170 valence electrons. The maximum absolute atomic E-state index is 14.1. The summed E-state index contributed by atoms with van der Waals surface area (Å²) in [5.74, 6) is -0.253. The summed E-state index contributed by atoms with van der Waals surface area (Å²) in [5.41, 5.74) is 3.86. The summed E-state index contributed by atoms with van der Waals surface area (Å²) in [6.07, 6.45) is 1.52.